The van der Waals surface area contributed by atoms with E-state index in [1.807, 2.05) is 16.9 Å². The Kier molecular flexibility index (Phi) is 5.81. The SMILES string of the molecule is CSc1ccc(C(=O)c2ccc(F)cc2)n1CCC1=C2C(=O)OC(C)(C)OC2=CCC1=O. The van der Waals surface area contributed by atoms with Crippen LogP contribution in [0.4, 0.5) is 4.39 Å². The molecule has 0 saturated carbocycles. The first-order valence-electron chi connectivity index (χ1n) is 10.1. The molecule has 1 saturated heterocycles. The molecule has 1 aliphatic carbocycles. The summed E-state index contributed by atoms with van der Waals surface area (Å²) in [5, 5.41) is 0.837. The number of aromatic nitrogens is 1. The zero-order valence-electron chi connectivity index (χ0n) is 17.9. The van der Waals surface area contributed by atoms with Gasteiger partial charge >= 0.3 is 5.97 Å². The molecule has 0 spiro atoms. The summed E-state index contributed by atoms with van der Waals surface area (Å²) >= 11 is 1.46. The summed E-state index contributed by atoms with van der Waals surface area (Å²) in [5.41, 5.74) is 1.29. The Labute approximate surface area is 189 Å². The van der Waals surface area contributed by atoms with Gasteiger partial charge in [-0.3, -0.25) is 9.59 Å². The molecule has 0 atom stereocenters. The molecule has 32 heavy (non-hydrogen) atoms. The van der Waals surface area contributed by atoms with E-state index in [2.05, 4.69) is 0 Å². The van der Waals surface area contributed by atoms with Crippen LogP contribution in [-0.2, 0) is 25.6 Å². The second kappa shape index (κ2) is 8.43. The fourth-order valence-electron chi connectivity index (χ4n) is 3.87. The second-order valence-electron chi connectivity index (χ2n) is 7.94. The van der Waals surface area contributed by atoms with Crippen molar-refractivity contribution in [3.8, 4) is 0 Å². The highest BCUT2D eigenvalue weighted by molar-refractivity contribution is 7.98. The van der Waals surface area contributed by atoms with Gasteiger partial charge in [-0.1, -0.05) is 0 Å². The molecule has 0 amide bonds. The lowest BCUT2D eigenvalue weighted by Crippen LogP contribution is -2.39. The van der Waals surface area contributed by atoms with Crippen molar-refractivity contribution >= 4 is 29.3 Å². The lowest BCUT2D eigenvalue weighted by molar-refractivity contribution is -0.208. The number of halogens is 1. The van der Waals surface area contributed by atoms with E-state index in [9.17, 15) is 18.8 Å². The van der Waals surface area contributed by atoms with E-state index in [1.54, 1.807) is 26.0 Å². The van der Waals surface area contributed by atoms with Crippen LogP contribution < -0.4 is 0 Å². The lowest BCUT2D eigenvalue weighted by Gasteiger charge is -2.35. The number of fused-ring (bicyclic) bond motifs is 1. The van der Waals surface area contributed by atoms with Gasteiger partial charge in [-0.25, -0.2) is 9.18 Å². The van der Waals surface area contributed by atoms with Gasteiger partial charge in [0.1, 0.15) is 17.1 Å². The van der Waals surface area contributed by atoms with E-state index in [0.29, 0.717) is 29.1 Å². The van der Waals surface area contributed by atoms with Crippen molar-refractivity contribution < 1.29 is 28.2 Å². The van der Waals surface area contributed by atoms with Crippen LogP contribution >= 0.6 is 11.8 Å². The van der Waals surface area contributed by atoms with Crippen molar-refractivity contribution in [3.63, 3.8) is 0 Å². The molecule has 1 aromatic heterocycles. The summed E-state index contributed by atoms with van der Waals surface area (Å²) in [4.78, 5) is 38.3. The predicted molar refractivity (Wildman–Crippen MR) is 117 cm³/mol. The number of nitrogens with zero attached hydrogens (tertiary/aromatic N) is 1. The predicted octanol–water partition coefficient (Wildman–Crippen LogP) is 4.43. The molecule has 0 unspecified atom stereocenters. The average Bonchev–Trinajstić information content (AvgIpc) is 3.15. The number of Topliss-reactive ketones (excluding diaryl/α,β-unsaturated/α-hetero) is 1. The van der Waals surface area contributed by atoms with Gasteiger partial charge in [0.05, 0.1) is 10.7 Å². The Morgan fingerprint density at radius 3 is 2.53 bits per heavy atom. The van der Waals surface area contributed by atoms with E-state index >= 15 is 0 Å². The van der Waals surface area contributed by atoms with E-state index in [4.69, 9.17) is 9.47 Å². The number of hydrogen-bond donors (Lipinski definition) is 0. The molecule has 166 valence electrons. The maximum absolute atomic E-state index is 13.3. The smallest absolute Gasteiger partial charge is 0.345 e. The molecule has 0 bridgehead atoms. The number of ether oxygens (including phenoxy) is 2. The Morgan fingerprint density at radius 1 is 1.12 bits per heavy atom. The summed E-state index contributed by atoms with van der Waals surface area (Å²) in [6.07, 6.45) is 3.87. The quantitative estimate of drug-likeness (QED) is 0.364. The lowest BCUT2D eigenvalue weighted by atomic mass is 9.91. The third-order valence-corrected chi connectivity index (χ3v) is 6.10. The molecule has 0 N–H and O–H groups in total. The van der Waals surface area contributed by atoms with Crippen LogP contribution in [0.25, 0.3) is 0 Å². The molecule has 0 radical (unpaired) electrons. The van der Waals surface area contributed by atoms with E-state index in [-0.39, 0.29) is 30.0 Å². The van der Waals surface area contributed by atoms with E-state index in [1.165, 1.54) is 36.0 Å². The second-order valence-corrected chi connectivity index (χ2v) is 8.77. The fraction of sp³-hybridized carbons (Fsp3) is 0.292. The standard InChI is InChI=1S/C24H22FNO5S/c1-24(2)30-19-10-9-18(27)16(21(19)23(29)31-24)12-13-26-17(8-11-20(26)32-3)22(28)14-4-6-15(25)7-5-14/h4-8,10-11H,9,12-13H2,1-3H3. The number of allylic oxidation sites excluding steroid dienone is 2. The molecule has 1 aromatic carbocycles. The fourth-order valence-corrected chi connectivity index (χ4v) is 4.48. The Balaban J connectivity index is 1.65. The number of cyclic esters (lactones) is 1. The van der Waals surface area contributed by atoms with Gasteiger partial charge < -0.3 is 14.0 Å². The molecule has 1 fully saturated rings. The summed E-state index contributed by atoms with van der Waals surface area (Å²) in [5.74, 6) is -2.16. The summed E-state index contributed by atoms with van der Waals surface area (Å²) in [6.45, 7) is 3.58. The van der Waals surface area contributed by atoms with Crippen molar-refractivity contribution in [2.24, 2.45) is 0 Å². The number of ketones is 2. The van der Waals surface area contributed by atoms with Crippen LogP contribution in [0, 0.1) is 5.82 Å². The van der Waals surface area contributed by atoms with Gasteiger partial charge in [0.25, 0.3) is 0 Å². The summed E-state index contributed by atoms with van der Waals surface area (Å²) < 4.78 is 26.1. The Bertz CT molecular complexity index is 1170. The molecule has 1 aliphatic heterocycles. The van der Waals surface area contributed by atoms with E-state index in [0.717, 1.165) is 5.03 Å². The van der Waals surface area contributed by atoms with E-state index < -0.39 is 17.6 Å². The van der Waals surface area contributed by atoms with Crippen LogP contribution in [0.15, 0.2) is 64.4 Å². The highest BCUT2D eigenvalue weighted by Crippen LogP contribution is 2.36. The van der Waals surface area contributed by atoms with Gasteiger partial charge in [0.15, 0.2) is 5.78 Å². The van der Waals surface area contributed by atoms with Crippen LogP contribution in [0.1, 0.15) is 42.7 Å². The highest BCUT2D eigenvalue weighted by Gasteiger charge is 2.40. The number of esters is 1. The molecule has 8 heteroatoms. The Morgan fingerprint density at radius 2 is 1.84 bits per heavy atom. The number of thioether (sulfide) groups is 1. The number of rotatable bonds is 6. The number of carbonyl (C=O) groups excluding carboxylic acids is 3. The monoisotopic (exact) mass is 455 g/mol. The maximum atomic E-state index is 13.3. The first kappa shape index (κ1) is 22.1. The molecule has 2 aromatic rings. The largest absolute Gasteiger partial charge is 0.452 e. The summed E-state index contributed by atoms with van der Waals surface area (Å²) in [7, 11) is 0. The summed E-state index contributed by atoms with van der Waals surface area (Å²) in [6, 6.07) is 8.91. The normalized spacial score (nSPS) is 17.4. The van der Waals surface area contributed by atoms with Crippen molar-refractivity contribution in [2.75, 3.05) is 6.26 Å². The zero-order chi connectivity index (χ0) is 23.0. The molecule has 2 aliphatic rings. The maximum Gasteiger partial charge on any atom is 0.345 e. The van der Waals surface area contributed by atoms with Crippen LogP contribution in [0.3, 0.4) is 0 Å². The van der Waals surface area contributed by atoms with Crippen LogP contribution in [0.5, 0.6) is 0 Å². The van der Waals surface area contributed by atoms with Gasteiger partial charge in [0.2, 0.25) is 11.6 Å². The Hall–Kier alpha value is -3.13. The minimum Gasteiger partial charge on any atom is -0.452 e. The molecule has 4 rings (SSSR count). The minimum atomic E-state index is -1.10. The van der Waals surface area contributed by atoms with Crippen molar-refractivity contribution in [1.29, 1.82) is 0 Å². The highest BCUT2D eigenvalue weighted by atomic mass is 32.2. The van der Waals surface area contributed by atoms with Gasteiger partial charge in [-0.05, 0) is 55.2 Å². The number of benzene rings is 1. The third kappa shape index (κ3) is 4.14. The van der Waals surface area contributed by atoms with Crippen molar-refractivity contribution in [3.05, 3.63) is 76.5 Å². The van der Waals surface area contributed by atoms with Gasteiger partial charge in [-0.15, -0.1) is 11.8 Å². The zero-order valence-corrected chi connectivity index (χ0v) is 18.8. The minimum absolute atomic E-state index is 0.139. The molecular formula is C24H22FNO5S. The molecular weight excluding hydrogens is 433 g/mol. The van der Waals surface area contributed by atoms with Crippen LogP contribution in [0.2, 0.25) is 0 Å². The first-order chi connectivity index (χ1) is 15.2. The van der Waals surface area contributed by atoms with Crippen molar-refractivity contribution in [2.45, 2.75) is 44.0 Å². The molecule has 2 heterocycles. The molecule has 6 nitrogen and oxygen atoms in total. The first-order valence-corrected chi connectivity index (χ1v) is 11.4. The number of hydrogen-bond acceptors (Lipinski definition) is 6. The van der Waals surface area contributed by atoms with Crippen molar-refractivity contribution in [1.82, 2.24) is 4.57 Å². The third-order valence-electron chi connectivity index (χ3n) is 5.33. The topological polar surface area (TPSA) is 74.6 Å². The van der Waals surface area contributed by atoms with Crippen LogP contribution in [-0.4, -0.2) is 34.1 Å². The van der Waals surface area contributed by atoms with Gasteiger partial charge in [0, 0.05) is 37.9 Å². The van der Waals surface area contributed by atoms with Gasteiger partial charge in [-0.2, -0.15) is 0 Å². The average molecular weight is 456 g/mol. The number of carbonyl (C=O) groups is 3.